The molecule has 0 unspecified atom stereocenters. The molecule has 0 amide bonds. The number of nitrogens with one attached hydrogen (secondary N) is 2. The van der Waals surface area contributed by atoms with Crippen LogP contribution >= 0.6 is 23.6 Å². The van der Waals surface area contributed by atoms with Crippen molar-refractivity contribution in [1.82, 2.24) is 25.2 Å². The number of aromatic nitrogens is 5. The Balaban J connectivity index is 2.29. The average Bonchev–Trinajstić information content (AvgIpc) is 2.64. The number of aromatic amines is 2. The Hall–Kier alpha value is -1.28. The first-order chi connectivity index (χ1) is 6.25. The maximum Gasteiger partial charge on any atom is 0.304 e. The van der Waals surface area contributed by atoms with Gasteiger partial charge in [-0.25, -0.2) is 4.68 Å². The van der Waals surface area contributed by atoms with Crippen LogP contribution in [-0.2, 0) is 6.54 Å². The van der Waals surface area contributed by atoms with E-state index in [9.17, 15) is 4.79 Å². The third-order valence-electron chi connectivity index (χ3n) is 1.43. The van der Waals surface area contributed by atoms with Crippen molar-refractivity contribution >= 4 is 23.6 Å². The number of hydrogen-bond acceptors (Lipinski definition) is 5. The van der Waals surface area contributed by atoms with Crippen molar-refractivity contribution < 1.29 is 0 Å². The normalized spacial score (nSPS) is 10.5. The van der Waals surface area contributed by atoms with Crippen LogP contribution in [0.2, 0.25) is 0 Å². The minimum Gasteiger partial charge on any atom is -0.315 e. The fourth-order valence-corrected chi connectivity index (χ4v) is 1.60. The van der Waals surface area contributed by atoms with Crippen LogP contribution in [0.5, 0.6) is 0 Å². The molecule has 0 fully saturated rings. The smallest absolute Gasteiger partial charge is 0.304 e. The highest BCUT2D eigenvalue weighted by Gasteiger charge is 1.99. The molecule has 8 heteroatoms. The van der Waals surface area contributed by atoms with Crippen LogP contribution in [0.4, 0.5) is 0 Å². The van der Waals surface area contributed by atoms with Crippen molar-refractivity contribution in [3.8, 4) is 0 Å². The molecule has 2 N–H and O–H groups in total. The number of hydrogen-bond donors (Lipinski definition) is 2. The molecule has 0 saturated heterocycles. The SMILES string of the molecule is O=c1[nH]c(Cn2[nH]nnc2=S)cs1. The van der Waals surface area contributed by atoms with Gasteiger partial charge in [-0.3, -0.25) is 4.79 Å². The highest BCUT2D eigenvalue weighted by molar-refractivity contribution is 7.71. The van der Waals surface area contributed by atoms with Gasteiger partial charge in [-0.1, -0.05) is 21.6 Å². The molecule has 2 aromatic rings. The van der Waals surface area contributed by atoms with Gasteiger partial charge >= 0.3 is 4.87 Å². The van der Waals surface area contributed by atoms with Gasteiger partial charge in [0.15, 0.2) is 0 Å². The molecule has 0 aromatic carbocycles. The summed E-state index contributed by atoms with van der Waals surface area (Å²) in [5.74, 6) is 0. The first kappa shape index (κ1) is 8.32. The molecule has 0 saturated carbocycles. The molecule has 2 rings (SSSR count). The zero-order valence-corrected chi connectivity index (χ0v) is 7.98. The summed E-state index contributed by atoms with van der Waals surface area (Å²) in [5, 5.41) is 11.5. The van der Waals surface area contributed by atoms with Crippen molar-refractivity contribution in [3.63, 3.8) is 0 Å². The van der Waals surface area contributed by atoms with E-state index in [1.165, 1.54) is 0 Å². The van der Waals surface area contributed by atoms with Gasteiger partial charge < -0.3 is 4.98 Å². The Bertz CT molecular complexity index is 505. The van der Waals surface area contributed by atoms with Gasteiger partial charge in [0.25, 0.3) is 0 Å². The van der Waals surface area contributed by atoms with Crippen LogP contribution < -0.4 is 4.87 Å². The van der Waals surface area contributed by atoms with Gasteiger partial charge in [0.05, 0.1) is 12.2 Å². The quantitative estimate of drug-likeness (QED) is 0.698. The topological polar surface area (TPSA) is 79.4 Å². The van der Waals surface area contributed by atoms with Crippen LogP contribution in [0.3, 0.4) is 0 Å². The molecular weight excluding hydrogens is 210 g/mol. The molecule has 2 heterocycles. The van der Waals surface area contributed by atoms with Gasteiger partial charge in [-0.2, -0.15) is 5.21 Å². The van der Waals surface area contributed by atoms with Crippen molar-refractivity contribution in [2.45, 2.75) is 6.54 Å². The average molecular weight is 215 g/mol. The van der Waals surface area contributed by atoms with Crippen LogP contribution in [-0.4, -0.2) is 25.2 Å². The summed E-state index contributed by atoms with van der Waals surface area (Å²) < 4.78 is 1.93. The Kier molecular flexibility index (Phi) is 2.07. The van der Waals surface area contributed by atoms with Gasteiger partial charge in [-0.05, 0) is 12.2 Å². The minimum atomic E-state index is -0.0750. The molecular formula is C5H5N5OS2. The van der Waals surface area contributed by atoms with Crippen LogP contribution in [0.1, 0.15) is 5.69 Å². The Labute approximate surface area is 81.2 Å². The summed E-state index contributed by atoms with van der Waals surface area (Å²) in [6.45, 7) is 0.463. The number of H-pyrrole nitrogens is 2. The van der Waals surface area contributed by atoms with E-state index in [1.54, 1.807) is 10.1 Å². The lowest BCUT2D eigenvalue weighted by Gasteiger charge is -1.95. The highest BCUT2D eigenvalue weighted by atomic mass is 32.1. The Morgan fingerprint density at radius 2 is 2.54 bits per heavy atom. The maximum absolute atomic E-state index is 10.8. The second kappa shape index (κ2) is 3.23. The van der Waals surface area contributed by atoms with Gasteiger partial charge in [0, 0.05) is 5.38 Å². The van der Waals surface area contributed by atoms with E-state index < -0.39 is 0 Å². The van der Waals surface area contributed by atoms with Gasteiger partial charge in [-0.15, -0.1) is 0 Å². The molecule has 0 aliphatic carbocycles. The lowest BCUT2D eigenvalue weighted by Crippen LogP contribution is -2.04. The van der Waals surface area contributed by atoms with E-state index in [-0.39, 0.29) is 4.87 Å². The Morgan fingerprint density at radius 1 is 1.69 bits per heavy atom. The predicted molar refractivity (Wildman–Crippen MR) is 49.2 cm³/mol. The molecule has 13 heavy (non-hydrogen) atoms. The van der Waals surface area contributed by atoms with E-state index in [1.807, 2.05) is 0 Å². The van der Waals surface area contributed by atoms with Crippen LogP contribution in [0.15, 0.2) is 10.2 Å². The second-order valence-electron chi connectivity index (χ2n) is 2.34. The third kappa shape index (κ3) is 1.73. The van der Waals surface area contributed by atoms with E-state index >= 15 is 0 Å². The standard InChI is InChI=1S/C5H5N5OS2/c11-5-6-3(2-13-5)1-10-4(12)7-8-9-10/h2H,1H2,(H,6,11)(H,7,9,12). The van der Waals surface area contributed by atoms with Crippen molar-refractivity contribution in [2.24, 2.45) is 0 Å². The fourth-order valence-electron chi connectivity index (χ4n) is 0.881. The van der Waals surface area contributed by atoms with Gasteiger partial charge in [0.2, 0.25) is 4.77 Å². The zero-order chi connectivity index (χ0) is 9.26. The molecule has 0 aliphatic rings. The largest absolute Gasteiger partial charge is 0.315 e. The summed E-state index contributed by atoms with van der Waals surface area (Å²) in [6.07, 6.45) is 0. The maximum atomic E-state index is 10.8. The van der Waals surface area contributed by atoms with Crippen molar-refractivity contribution in [1.29, 1.82) is 0 Å². The number of rotatable bonds is 2. The van der Waals surface area contributed by atoms with E-state index in [4.69, 9.17) is 12.2 Å². The second-order valence-corrected chi connectivity index (χ2v) is 3.55. The lowest BCUT2D eigenvalue weighted by molar-refractivity contribution is 0.633. The highest BCUT2D eigenvalue weighted by Crippen LogP contribution is 1.97. The number of nitrogens with zero attached hydrogens (tertiary/aromatic N) is 3. The lowest BCUT2D eigenvalue weighted by atomic mass is 10.5. The first-order valence-electron chi connectivity index (χ1n) is 3.40. The molecule has 0 bridgehead atoms. The fraction of sp³-hybridized carbons (Fsp3) is 0.200. The number of tetrazole rings is 1. The minimum absolute atomic E-state index is 0.0750. The van der Waals surface area contributed by atoms with E-state index in [2.05, 4.69) is 20.5 Å². The summed E-state index contributed by atoms with van der Waals surface area (Å²) in [6, 6.07) is 0. The van der Waals surface area contributed by atoms with E-state index in [0.717, 1.165) is 17.0 Å². The zero-order valence-electron chi connectivity index (χ0n) is 6.35. The summed E-state index contributed by atoms with van der Waals surface area (Å²) >= 11 is 5.98. The summed E-state index contributed by atoms with van der Waals surface area (Å²) in [5.41, 5.74) is 0.789. The first-order valence-corrected chi connectivity index (χ1v) is 4.69. The van der Waals surface area contributed by atoms with Crippen molar-refractivity contribution in [2.75, 3.05) is 0 Å². The molecule has 0 atom stereocenters. The number of thiazole rings is 1. The third-order valence-corrected chi connectivity index (χ3v) is 2.45. The summed E-state index contributed by atoms with van der Waals surface area (Å²) in [7, 11) is 0. The molecule has 68 valence electrons. The Morgan fingerprint density at radius 3 is 3.08 bits per heavy atom. The van der Waals surface area contributed by atoms with Gasteiger partial charge in [0.1, 0.15) is 0 Å². The molecule has 0 aliphatic heterocycles. The molecule has 0 radical (unpaired) electrons. The molecule has 0 spiro atoms. The van der Waals surface area contributed by atoms with E-state index in [0.29, 0.717) is 11.3 Å². The summed E-state index contributed by atoms with van der Waals surface area (Å²) in [4.78, 5) is 13.4. The monoisotopic (exact) mass is 215 g/mol. The van der Waals surface area contributed by atoms with Crippen LogP contribution in [0.25, 0.3) is 0 Å². The predicted octanol–water partition coefficient (Wildman–Crippen LogP) is 0.134. The molecule has 6 nitrogen and oxygen atoms in total. The van der Waals surface area contributed by atoms with Crippen LogP contribution in [0, 0.1) is 4.77 Å². The molecule has 2 aromatic heterocycles. The van der Waals surface area contributed by atoms with Crippen molar-refractivity contribution in [3.05, 3.63) is 25.5 Å².